The highest BCUT2D eigenvalue weighted by Gasteiger charge is 2.26. The highest BCUT2D eigenvalue weighted by molar-refractivity contribution is 5.93. The predicted molar refractivity (Wildman–Crippen MR) is 117 cm³/mol. The van der Waals surface area contributed by atoms with Gasteiger partial charge in [-0.25, -0.2) is 0 Å². The van der Waals surface area contributed by atoms with Crippen molar-refractivity contribution in [1.29, 1.82) is 0 Å². The van der Waals surface area contributed by atoms with Gasteiger partial charge in [0.2, 0.25) is 5.76 Å². The van der Waals surface area contributed by atoms with Crippen LogP contribution in [-0.4, -0.2) is 35.6 Å². The van der Waals surface area contributed by atoms with Gasteiger partial charge in [-0.15, -0.1) is 0 Å². The van der Waals surface area contributed by atoms with E-state index in [4.69, 9.17) is 9.26 Å². The van der Waals surface area contributed by atoms with Crippen molar-refractivity contribution in [3.8, 4) is 5.75 Å². The first-order chi connectivity index (χ1) is 15.3. The second kappa shape index (κ2) is 8.94. The summed E-state index contributed by atoms with van der Waals surface area (Å²) in [4.78, 5) is 15.0. The van der Waals surface area contributed by atoms with Gasteiger partial charge in [0.05, 0.1) is 5.69 Å². The van der Waals surface area contributed by atoms with E-state index >= 15 is 0 Å². The molecule has 1 aliphatic carbocycles. The van der Waals surface area contributed by atoms with Gasteiger partial charge in [0.25, 0.3) is 5.91 Å². The molecule has 2 aliphatic rings. The summed E-state index contributed by atoms with van der Waals surface area (Å²) in [5, 5.41) is 7.12. The lowest BCUT2D eigenvalue weighted by Gasteiger charge is -2.24. The Morgan fingerprint density at radius 1 is 1.06 bits per heavy atom. The van der Waals surface area contributed by atoms with Crippen molar-refractivity contribution in [2.75, 3.05) is 19.6 Å². The molecule has 6 heteroatoms. The third-order valence-corrected chi connectivity index (χ3v) is 6.11. The Hall–Kier alpha value is -3.12. The number of aryl methyl sites for hydroxylation is 1. The maximum Gasteiger partial charge on any atom is 0.290 e. The van der Waals surface area contributed by atoms with Crippen molar-refractivity contribution < 1.29 is 14.1 Å². The zero-order chi connectivity index (χ0) is 21.0. The van der Waals surface area contributed by atoms with Gasteiger partial charge >= 0.3 is 0 Å². The molecule has 1 N–H and O–H groups in total. The maximum atomic E-state index is 12.7. The number of nitrogens with one attached hydrogen (secondary N) is 1. The van der Waals surface area contributed by atoms with Gasteiger partial charge in [-0.05, 0) is 37.3 Å². The van der Waals surface area contributed by atoms with Crippen molar-refractivity contribution >= 4 is 5.91 Å². The minimum absolute atomic E-state index is 0.0538. The lowest BCUT2D eigenvalue weighted by molar-refractivity contribution is 0.0905. The van der Waals surface area contributed by atoms with Crippen LogP contribution in [0.25, 0.3) is 0 Å². The molecule has 2 aromatic carbocycles. The Morgan fingerprint density at radius 2 is 1.87 bits per heavy atom. The third kappa shape index (κ3) is 4.35. The molecule has 1 amide bonds. The molecule has 3 aromatic rings. The van der Waals surface area contributed by atoms with Gasteiger partial charge in [-0.3, -0.25) is 9.69 Å². The number of nitrogens with zero attached hydrogens (tertiary/aromatic N) is 2. The van der Waals surface area contributed by atoms with Gasteiger partial charge in [0.15, 0.2) is 0 Å². The summed E-state index contributed by atoms with van der Waals surface area (Å²) < 4.78 is 11.7. The van der Waals surface area contributed by atoms with Crippen LogP contribution in [0, 0.1) is 0 Å². The van der Waals surface area contributed by atoms with E-state index in [2.05, 4.69) is 33.6 Å². The molecule has 5 rings (SSSR count). The Kier molecular flexibility index (Phi) is 5.71. The van der Waals surface area contributed by atoms with E-state index in [1.807, 2.05) is 36.4 Å². The second-order valence-corrected chi connectivity index (χ2v) is 8.26. The van der Waals surface area contributed by atoms with E-state index in [1.165, 1.54) is 0 Å². The van der Waals surface area contributed by atoms with Gasteiger partial charge < -0.3 is 14.6 Å². The normalized spacial score (nSPS) is 18.4. The van der Waals surface area contributed by atoms with Crippen LogP contribution in [0.2, 0.25) is 0 Å². The van der Waals surface area contributed by atoms with Crippen LogP contribution in [-0.2, 0) is 19.4 Å². The molecule has 0 fully saturated rings. The standard InChI is InChI=1S/C25H27N3O3/c29-25(24-20-11-5-6-12-21(20)27-31-24)26-14-15-28-16-19-10-4-7-13-22(19)30-23(17-28)18-8-2-1-3-9-18/h1-4,7-10,13,23H,5-6,11-12,14-17H2,(H,26,29)/t23-/m0/s1. The predicted octanol–water partition coefficient (Wildman–Crippen LogP) is 3.92. The molecule has 31 heavy (non-hydrogen) atoms. The minimum atomic E-state index is -0.165. The van der Waals surface area contributed by atoms with E-state index < -0.39 is 0 Å². The van der Waals surface area contributed by atoms with Crippen molar-refractivity contribution in [1.82, 2.24) is 15.4 Å². The fourth-order valence-corrected chi connectivity index (χ4v) is 4.47. The molecule has 6 nitrogen and oxygen atoms in total. The number of fused-ring (bicyclic) bond motifs is 2. The van der Waals surface area contributed by atoms with E-state index in [0.717, 1.165) is 73.5 Å². The average Bonchev–Trinajstić information content (AvgIpc) is 3.15. The summed E-state index contributed by atoms with van der Waals surface area (Å²) in [5.41, 5.74) is 4.26. The Labute approximate surface area is 182 Å². The molecule has 0 unspecified atom stereocenters. The van der Waals surface area contributed by atoms with Crippen LogP contribution >= 0.6 is 0 Å². The van der Waals surface area contributed by atoms with Crippen LogP contribution < -0.4 is 10.1 Å². The highest BCUT2D eigenvalue weighted by Crippen LogP contribution is 2.31. The monoisotopic (exact) mass is 417 g/mol. The molecular formula is C25H27N3O3. The Balaban J connectivity index is 1.26. The average molecular weight is 418 g/mol. The zero-order valence-corrected chi connectivity index (χ0v) is 17.5. The van der Waals surface area contributed by atoms with Crippen molar-refractivity contribution in [2.45, 2.75) is 38.3 Å². The number of hydrogen-bond acceptors (Lipinski definition) is 5. The van der Waals surface area contributed by atoms with E-state index in [-0.39, 0.29) is 12.0 Å². The molecule has 2 heterocycles. The fraction of sp³-hybridized carbons (Fsp3) is 0.360. The number of carbonyl (C=O) groups excluding carboxylic acids is 1. The Bertz CT molecular complexity index is 1050. The number of benzene rings is 2. The summed E-state index contributed by atoms with van der Waals surface area (Å²) in [6.45, 7) is 2.81. The van der Waals surface area contributed by atoms with Crippen molar-refractivity contribution in [2.24, 2.45) is 0 Å². The molecular weight excluding hydrogens is 390 g/mol. The first-order valence-corrected chi connectivity index (χ1v) is 11.1. The number of para-hydroxylation sites is 1. The molecule has 0 bridgehead atoms. The van der Waals surface area contributed by atoms with Gasteiger partial charge in [0, 0.05) is 37.3 Å². The van der Waals surface area contributed by atoms with E-state index in [9.17, 15) is 4.79 Å². The van der Waals surface area contributed by atoms with Crippen molar-refractivity contribution in [3.05, 3.63) is 82.7 Å². The number of carbonyl (C=O) groups is 1. The Morgan fingerprint density at radius 3 is 2.77 bits per heavy atom. The smallest absolute Gasteiger partial charge is 0.290 e. The molecule has 1 aliphatic heterocycles. The summed E-state index contributed by atoms with van der Waals surface area (Å²) in [6.07, 6.45) is 3.92. The lowest BCUT2D eigenvalue weighted by atomic mass is 9.96. The summed E-state index contributed by atoms with van der Waals surface area (Å²) in [6, 6.07) is 18.5. The number of aromatic nitrogens is 1. The maximum absolute atomic E-state index is 12.7. The summed E-state index contributed by atoms with van der Waals surface area (Å²) >= 11 is 0. The summed E-state index contributed by atoms with van der Waals surface area (Å²) in [7, 11) is 0. The lowest BCUT2D eigenvalue weighted by Crippen LogP contribution is -2.36. The van der Waals surface area contributed by atoms with Gasteiger partial charge in [0.1, 0.15) is 11.9 Å². The zero-order valence-electron chi connectivity index (χ0n) is 17.5. The first-order valence-electron chi connectivity index (χ1n) is 11.1. The van der Waals surface area contributed by atoms with E-state index in [1.54, 1.807) is 0 Å². The number of hydrogen-bond donors (Lipinski definition) is 1. The molecule has 0 spiro atoms. The third-order valence-electron chi connectivity index (χ3n) is 6.11. The molecule has 1 atom stereocenters. The first kappa shape index (κ1) is 19.8. The molecule has 0 saturated carbocycles. The van der Waals surface area contributed by atoms with Crippen molar-refractivity contribution in [3.63, 3.8) is 0 Å². The molecule has 160 valence electrons. The SMILES string of the molecule is O=C(NCCN1Cc2ccccc2O[C@H](c2ccccc2)C1)c1onc2c1CCCC2. The van der Waals surface area contributed by atoms with Crippen LogP contribution in [0.15, 0.2) is 59.1 Å². The number of rotatable bonds is 5. The second-order valence-electron chi connectivity index (χ2n) is 8.26. The van der Waals surface area contributed by atoms with Crippen LogP contribution in [0.4, 0.5) is 0 Å². The largest absolute Gasteiger partial charge is 0.484 e. The van der Waals surface area contributed by atoms with Gasteiger partial charge in [-0.1, -0.05) is 53.7 Å². The highest BCUT2D eigenvalue weighted by atomic mass is 16.5. The van der Waals surface area contributed by atoms with Crippen LogP contribution in [0.5, 0.6) is 5.75 Å². The topological polar surface area (TPSA) is 67.6 Å². The minimum Gasteiger partial charge on any atom is -0.484 e. The molecule has 0 radical (unpaired) electrons. The summed E-state index contributed by atoms with van der Waals surface area (Å²) in [5.74, 6) is 1.15. The van der Waals surface area contributed by atoms with Gasteiger partial charge in [-0.2, -0.15) is 0 Å². The molecule has 0 saturated heterocycles. The van der Waals surface area contributed by atoms with Crippen LogP contribution in [0.3, 0.4) is 0 Å². The quantitative estimate of drug-likeness (QED) is 0.682. The van der Waals surface area contributed by atoms with E-state index in [0.29, 0.717) is 12.3 Å². The molecule has 1 aromatic heterocycles. The number of ether oxygens (including phenoxy) is 1. The fourth-order valence-electron chi connectivity index (χ4n) is 4.47. The van der Waals surface area contributed by atoms with Crippen LogP contribution in [0.1, 0.15) is 51.9 Å². The number of amides is 1.